The van der Waals surface area contributed by atoms with Crippen molar-refractivity contribution < 1.29 is 4.79 Å². The van der Waals surface area contributed by atoms with E-state index in [9.17, 15) is 4.79 Å². The number of hydrogen-bond acceptors (Lipinski definition) is 3. The van der Waals surface area contributed by atoms with Crippen molar-refractivity contribution in [1.82, 2.24) is 9.97 Å². The Kier molecular flexibility index (Phi) is 4.67. The Balaban J connectivity index is 1.94. The molecule has 0 atom stereocenters. The number of aromatic nitrogens is 2. The number of carbonyl (C=O) groups is 1. The first-order valence-corrected chi connectivity index (χ1v) is 8.65. The molecule has 128 valence electrons. The second kappa shape index (κ2) is 6.75. The fraction of sp³-hybridized carbons (Fsp3) is 0.318. The third-order valence-corrected chi connectivity index (χ3v) is 4.35. The van der Waals surface area contributed by atoms with Gasteiger partial charge in [-0.15, -0.1) is 0 Å². The minimum atomic E-state index is -0.0502. The van der Waals surface area contributed by atoms with Crippen LogP contribution in [-0.2, 0) is 23.1 Å². The first kappa shape index (κ1) is 17.3. The number of para-hydroxylation sites is 1. The van der Waals surface area contributed by atoms with Gasteiger partial charge in [-0.25, -0.2) is 0 Å². The van der Waals surface area contributed by atoms with E-state index in [1.807, 2.05) is 43.5 Å². The molecular formula is C22H24N2O. The molecule has 2 heterocycles. The molecule has 3 nitrogen and oxygen atoms in total. The second-order valence-electron chi connectivity index (χ2n) is 7.62. The van der Waals surface area contributed by atoms with Gasteiger partial charge in [-0.3, -0.25) is 14.8 Å². The topological polar surface area (TPSA) is 42.9 Å². The quantitative estimate of drug-likeness (QED) is 0.702. The number of Topliss-reactive ketones (excluding diaryl/α,β-unsaturated/α-hetero) is 1. The van der Waals surface area contributed by atoms with Gasteiger partial charge in [0.05, 0.1) is 5.52 Å². The van der Waals surface area contributed by atoms with Gasteiger partial charge in [-0.1, -0.05) is 39.0 Å². The third kappa shape index (κ3) is 3.93. The van der Waals surface area contributed by atoms with Crippen LogP contribution in [0.25, 0.3) is 10.9 Å². The van der Waals surface area contributed by atoms with Gasteiger partial charge in [0, 0.05) is 36.3 Å². The molecule has 3 aromatic rings. The average Bonchev–Trinajstić information content (AvgIpc) is 2.53. The van der Waals surface area contributed by atoms with Crippen LogP contribution in [-0.4, -0.2) is 15.8 Å². The minimum absolute atomic E-state index is 0.0502. The van der Waals surface area contributed by atoms with Crippen molar-refractivity contribution in [2.75, 3.05) is 0 Å². The van der Waals surface area contributed by atoms with E-state index in [2.05, 4.69) is 36.8 Å². The molecule has 0 spiro atoms. The Morgan fingerprint density at radius 3 is 2.52 bits per heavy atom. The van der Waals surface area contributed by atoms with Gasteiger partial charge in [0.2, 0.25) is 0 Å². The highest BCUT2D eigenvalue weighted by Gasteiger charge is 2.22. The maximum atomic E-state index is 12.7. The molecule has 0 amide bonds. The molecule has 0 saturated carbocycles. The van der Waals surface area contributed by atoms with Gasteiger partial charge in [0.25, 0.3) is 0 Å². The molecule has 0 aliphatic heterocycles. The lowest BCUT2D eigenvalue weighted by molar-refractivity contribution is -0.117. The molecule has 3 rings (SSSR count). The summed E-state index contributed by atoms with van der Waals surface area (Å²) in [7, 11) is 0. The number of fused-ring (bicyclic) bond motifs is 1. The maximum absolute atomic E-state index is 12.7. The summed E-state index contributed by atoms with van der Waals surface area (Å²) in [4.78, 5) is 21.4. The van der Waals surface area contributed by atoms with Crippen LogP contribution in [0.1, 0.15) is 43.2 Å². The Labute approximate surface area is 149 Å². The van der Waals surface area contributed by atoms with Crippen LogP contribution in [0.4, 0.5) is 0 Å². The summed E-state index contributed by atoms with van der Waals surface area (Å²) >= 11 is 0. The normalized spacial score (nSPS) is 11.7. The van der Waals surface area contributed by atoms with E-state index in [0.717, 1.165) is 27.7 Å². The number of ketones is 1. The maximum Gasteiger partial charge on any atom is 0.141 e. The van der Waals surface area contributed by atoms with Gasteiger partial charge in [-0.05, 0) is 47.2 Å². The predicted octanol–water partition coefficient (Wildman–Crippen LogP) is 4.59. The highest BCUT2D eigenvalue weighted by molar-refractivity contribution is 5.88. The number of nitrogens with zero attached hydrogens (tertiary/aromatic N) is 2. The number of rotatable bonds is 4. The summed E-state index contributed by atoms with van der Waals surface area (Å²) in [5.74, 6) is 0.202. The second-order valence-corrected chi connectivity index (χ2v) is 7.62. The lowest BCUT2D eigenvalue weighted by Crippen LogP contribution is -2.18. The molecule has 2 aromatic heterocycles. The zero-order valence-corrected chi connectivity index (χ0v) is 15.3. The fourth-order valence-electron chi connectivity index (χ4n) is 3.42. The molecule has 25 heavy (non-hydrogen) atoms. The van der Waals surface area contributed by atoms with Crippen LogP contribution in [0.2, 0.25) is 0 Å². The smallest absolute Gasteiger partial charge is 0.141 e. The number of aryl methyl sites for hydroxylation is 1. The lowest BCUT2D eigenvalue weighted by Gasteiger charge is -2.24. The molecule has 3 heteroatoms. The Bertz CT molecular complexity index is 923. The summed E-state index contributed by atoms with van der Waals surface area (Å²) in [6, 6.07) is 12.0. The van der Waals surface area contributed by atoms with E-state index in [4.69, 9.17) is 0 Å². The van der Waals surface area contributed by atoms with Crippen LogP contribution in [0, 0.1) is 6.92 Å². The molecule has 0 saturated heterocycles. The first-order valence-electron chi connectivity index (χ1n) is 8.65. The van der Waals surface area contributed by atoms with Crippen LogP contribution in [0.3, 0.4) is 0 Å². The molecule has 0 aliphatic carbocycles. The highest BCUT2D eigenvalue weighted by Crippen LogP contribution is 2.32. The van der Waals surface area contributed by atoms with E-state index in [-0.39, 0.29) is 11.2 Å². The van der Waals surface area contributed by atoms with Gasteiger partial charge in [0.15, 0.2) is 0 Å². The van der Waals surface area contributed by atoms with Crippen LogP contribution >= 0.6 is 0 Å². The standard InChI is InChI=1S/C22H24N2O/c1-15-11-16(9-10-23-15)12-18(25)13-17-14-24-20-8-6-5-7-19(20)21(17)22(2,3)4/h5-11,14H,12-13H2,1-4H3. The molecule has 0 fully saturated rings. The summed E-state index contributed by atoms with van der Waals surface area (Å²) in [6.07, 6.45) is 4.47. The Morgan fingerprint density at radius 1 is 1.04 bits per heavy atom. The van der Waals surface area contributed by atoms with Crippen molar-refractivity contribution in [3.8, 4) is 0 Å². The molecular weight excluding hydrogens is 308 g/mol. The third-order valence-electron chi connectivity index (χ3n) is 4.35. The van der Waals surface area contributed by atoms with E-state index in [0.29, 0.717) is 12.8 Å². The van der Waals surface area contributed by atoms with E-state index >= 15 is 0 Å². The van der Waals surface area contributed by atoms with Gasteiger partial charge < -0.3 is 0 Å². The summed E-state index contributed by atoms with van der Waals surface area (Å²) in [5, 5.41) is 1.14. The van der Waals surface area contributed by atoms with Crippen molar-refractivity contribution in [1.29, 1.82) is 0 Å². The van der Waals surface area contributed by atoms with Crippen LogP contribution in [0.5, 0.6) is 0 Å². The zero-order chi connectivity index (χ0) is 18.0. The van der Waals surface area contributed by atoms with Crippen molar-refractivity contribution in [2.24, 2.45) is 0 Å². The highest BCUT2D eigenvalue weighted by atomic mass is 16.1. The molecule has 0 radical (unpaired) electrons. The van der Waals surface area contributed by atoms with Crippen molar-refractivity contribution >= 4 is 16.7 Å². The molecule has 0 bridgehead atoms. The summed E-state index contributed by atoms with van der Waals surface area (Å²) in [6.45, 7) is 8.51. The molecule has 0 N–H and O–H groups in total. The minimum Gasteiger partial charge on any atom is -0.299 e. The van der Waals surface area contributed by atoms with Gasteiger partial charge in [-0.2, -0.15) is 0 Å². The predicted molar refractivity (Wildman–Crippen MR) is 102 cm³/mol. The average molecular weight is 332 g/mol. The van der Waals surface area contributed by atoms with E-state index < -0.39 is 0 Å². The van der Waals surface area contributed by atoms with Crippen molar-refractivity contribution in [2.45, 2.75) is 46.0 Å². The number of pyridine rings is 2. The molecule has 1 aromatic carbocycles. The summed E-state index contributed by atoms with van der Waals surface area (Å²) < 4.78 is 0. The van der Waals surface area contributed by atoms with Gasteiger partial charge in [0.1, 0.15) is 5.78 Å². The fourth-order valence-corrected chi connectivity index (χ4v) is 3.42. The Morgan fingerprint density at radius 2 is 1.80 bits per heavy atom. The SMILES string of the molecule is Cc1cc(CC(=O)Cc2cnc3ccccc3c2C(C)(C)C)ccn1. The number of carbonyl (C=O) groups excluding carboxylic acids is 1. The monoisotopic (exact) mass is 332 g/mol. The van der Waals surface area contributed by atoms with Crippen LogP contribution in [0.15, 0.2) is 48.8 Å². The largest absolute Gasteiger partial charge is 0.299 e. The van der Waals surface area contributed by atoms with Gasteiger partial charge >= 0.3 is 0 Å². The van der Waals surface area contributed by atoms with E-state index in [1.54, 1.807) is 6.20 Å². The molecule has 0 aliphatic rings. The summed E-state index contributed by atoms with van der Waals surface area (Å²) in [5.41, 5.74) is 5.13. The van der Waals surface area contributed by atoms with Crippen molar-refractivity contribution in [3.63, 3.8) is 0 Å². The molecule has 0 unspecified atom stereocenters. The number of hydrogen-bond donors (Lipinski definition) is 0. The first-order chi connectivity index (χ1) is 11.8. The number of benzene rings is 1. The van der Waals surface area contributed by atoms with E-state index in [1.165, 1.54) is 5.56 Å². The van der Waals surface area contributed by atoms with Crippen molar-refractivity contribution in [3.05, 3.63) is 71.2 Å². The lowest BCUT2D eigenvalue weighted by atomic mass is 9.80. The van der Waals surface area contributed by atoms with Crippen LogP contribution < -0.4 is 0 Å². The zero-order valence-electron chi connectivity index (χ0n) is 15.3. The Hall–Kier alpha value is -2.55.